The fourth-order valence-electron chi connectivity index (χ4n) is 2.61. The van der Waals surface area contributed by atoms with Gasteiger partial charge in [-0.25, -0.2) is 4.79 Å². The van der Waals surface area contributed by atoms with Gasteiger partial charge >= 0.3 is 5.97 Å². The number of nitrogens with zero attached hydrogens (tertiary/aromatic N) is 1. The van der Waals surface area contributed by atoms with E-state index in [1.54, 1.807) is 0 Å². The minimum atomic E-state index is -0.216. The van der Waals surface area contributed by atoms with Gasteiger partial charge in [-0.3, -0.25) is 0 Å². The van der Waals surface area contributed by atoms with Crippen molar-refractivity contribution in [1.29, 1.82) is 0 Å². The molecule has 0 radical (unpaired) electrons. The van der Waals surface area contributed by atoms with Crippen LogP contribution in [0.1, 0.15) is 22.5 Å². The summed E-state index contributed by atoms with van der Waals surface area (Å²) in [5.74, 6) is -0.216. The van der Waals surface area contributed by atoms with E-state index in [1.807, 2.05) is 18.2 Å². The second kappa shape index (κ2) is 3.37. The van der Waals surface area contributed by atoms with E-state index in [9.17, 15) is 4.79 Å². The van der Waals surface area contributed by atoms with E-state index in [2.05, 4.69) is 10.6 Å². The minimum Gasteiger partial charge on any atom is -0.465 e. The van der Waals surface area contributed by atoms with Crippen molar-refractivity contribution in [2.75, 3.05) is 7.11 Å². The zero-order valence-electron chi connectivity index (χ0n) is 9.19. The second-order valence-electron chi connectivity index (χ2n) is 4.09. The van der Waals surface area contributed by atoms with Crippen LogP contribution in [0.3, 0.4) is 0 Å². The predicted octanol–water partition coefficient (Wildman–Crippen LogP) is 2.37. The summed E-state index contributed by atoms with van der Waals surface area (Å²) >= 11 is 0. The van der Waals surface area contributed by atoms with E-state index in [1.165, 1.54) is 7.11 Å². The molecule has 1 aliphatic rings. The molecule has 0 bridgehead atoms. The van der Waals surface area contributed by atoms with Crippen LogP contribution in [0.4, 0.5) is 0 Å². The van der Waals surface area contributed by atoms with Crippen molar-refractivity contribution in [3.8, 4) is 0 Å². The highest BCUT2D eigenvalue weighted by Crippen LogP contribution is 2.31. The Bertz CT molecular complexity index is 569. The Hall–Kier alpha value is -1.77. The van der Waals surface area contributed by atoms with Gasteiger partial charge < -0.3 is 9.30 Å². The standard InChI is InChI=1S/C13H13NO2/c1-16-13(15)12-9-5-2-3-6-10(9)14-8-4-7-11(12)14/h2-3,5-6H,4,7-8H2,1H3. The first-order chi connectivity index (χ1) is 7.83. The van der Waals surface area contributed by atoms with Gasteiger partial charge in [-0.05, 0) is 18.9 Å². The molecule has 0 unspecified atom stereocenters. The molecule has 3 rings (SSSR count). The number of rotatable bonds is 1. The highest BCUT2D eigenvalue weighted by molar-refractivity contribution is 6.06. The summed E-state index contributed by atoms with van der Waals surface area (Å²) in [5.41, 5.74) is 3.04. The lowest BCUT2D eigenvalue weighted by molar-refractivity contribution is 0.0602. The minimum absolute atomic E-state index is 0.216. The molecule has 16 heavy (non-hydrogen) atoms. The molecule has 82 valence electrons. The van der Waals surface area contributed by atoms with Gasteiger partial charge in [0.15, 0.2) is 0 Å². The molecule has 2 aromatic rings. The summed E-state index contributed by atoms with van der Waals surface area (Å²) < 4.78 is 7.11. The van der Waals surface area contributed by atoms with Gasteiger partial charge in [-0.15, -0.1) is 0 Å². The lowest BCUT2D eigenvalue weighted by Crippen LogP contribution is -2.03. The number of ether oxygens (including phenoxy) is 1. The molecule has 2 heterocycles. The third-order valence-corrected chi connectivity index (χ3v) is 3.26. The number of benzene rings is 1. The number of fused-ring (bicyclic) bond motifs is 3. The number of esters is 1. The van der Waals surface area contributed by atoms with Gasteiger partial charge in [-0.2, -0.15) is 0 Å². The second-order valence-corrected chi connectivity index (χ2v) is 4.09. The van der Waals surface area contributed by atoms with Crippen molar-refractivity contribution in [3.05, 3.63) is 35.5 Å². The number of para-hydroxylation sites is 1. The molecule has 1 aliphatic heterocycles. The summed E-state index contributed by atoms with van der Waals surface area (Å²) in [6, 6.07) is 8.03. The molecule has 3 heteroatoms. The molecular weight excluding hydrogens is 202 g/mol. The predicted molar refractivity (Wildman–Crippen MR) is 61.6 cm³/mol. The molecule has 1 aromatic carbocycles. The summed E-state index contributed by atoms with van der Waals surface area (Å²) in [5, 5.41) is 1.02. The highest BCUT2D eigenvalue weighted by atomic mass is 16.5. The molecule has 0 spiro atoms. The van der Waals surface area contributed by atoms with E-state index >= 15 is 0 Å². The maximum atomic E-state index is 11.8. The van der Waals surface area contributed by atoms with Crippen LogP contribution in [-0.2, 0) is 17.7 Å². The Kier molecular flexibility index (Phi) is 1.99. The summed E-state index contributed by atoms with van der Waals surface area (Å²) in [6.07, 6.45) is 2.09. The molecule has 0 amide bonds. The lowest BCUT2D eigenvalue weighted by Gasteiger charge is -1.99. The average Bonchev–Trinajstić information content (AvgIpc) is 2.87. The molecule has 1 aromatic heterocycles. The van der Waals surface area contributed by atoms with E-state index in [4.69, 9.17) is 4.74 Å². The average molecular weight is 215 g/mol. The van der Waals surface area contributed by atoms with Crippen LogP contribution in [0.25, 0.3) is 10.9 Å². The molecule has 0 fully saturated rings. The van der Waals surface area contributed by atoms with Crippen LogP contribution in [0, 0.1) is 0 Å². The molecule has 0 atom stereocenters. The maximum absolute atomic E-state index is 11.8. The molecule has 0 saturated carbocycles. The first-order valence-corrected chi connectivity index (χ1v) is 5.51. The molecule has 0 saturated heterocycles. The Morgan fingerprint density at radius 2 is 2.19 bits per heavy atom. The van der Waals surface area contributed by atoms with Crippen LogP contribution < -0.4 is 0 Å². The first kappa shape index (κ1) is 9.46. The highest BCUT2D eigenvalue weighted by Gasteiger charge is 2.25. The van der Waals surface area contributed by atoms with Crippen molar-refractivity contribution >= 4 is 16.9 Å². The first-order valence-electron chi connectivity index (χ1n) is 5.51. The number of aryl methyl sites for hydroxylation is 1. The summed E-state index contributed by atoms with van der Waals surface area (Å²) in [7, 11) is 1.44. The largest absolute Gasteiger partial charge is 0.465 e. The van der Waals surface area contributed by atoms with Gasteiger partial charge in [0.05, 0.1) is 12.7 Å². The van der Waals surface area contributed by atoms with Gasteiger partial charge in [0.2, 0.25) is 0 Å². The van der Waals surface area contributed by atoms with Crippen molar-refractivity contribution in [2.24, 2.45) is 0 Å². The Morgan fingerprint density at radius 3 is 3.00 bits per heavy atom. The van der Waals surface area contributed by atoms with Crippen LogP contribution >= 0.6 is 0 Å². The molecular formula is C13H13NO2. The zero-order valence-corrected chi connectivity index (χ0v) is 9.19. The summed E-state index contributed by atoms with van der Waals surface area (Å²) in [4.78, 5) is 11.8. The van der Waals surface area contributed by atoms with Crippen molar-refractivity contribution in [1.82, 2.24) is 4.57 Å². The molecule has 0 N–H and O–H groups in total. The third kappa shape index (κ3) is 1.11. The van der Waals surface area contributed by atoms with Gasteiger partial charge in [0.1, 0.15) is 0 Å². The van der Waals surface area contributed by atoms with E-state index < -0.39 is 0 Å². The smallest absolute Gasteiger partial charge is 0.340 e. The number of carbonyl (C=O) groups is 1. The van der Waals surface area contributed by atoms with Crippen LogP contribution in [0.2, 0.25) is 0 Å². The normalized spacial score (nSPS) is 14.1. The maximum Gasteiger partial charge on any atom is 0.340 e. The Morgan fingerprint density at radius 1 is 1.38 bits per heavy atom. The van der Waals surface area contributed by atoms with Crippen molar-refractivity contribution in [2.45, 2.75) is 19.4 Å². The number of methoxy groups -OCH3 is 1. The number of aromatic nitrogens is 1. The molecule has 3 nitrogen and oxygen atoms in total. The van der Waals surface area contributed by atoms with Crippen LogP contribution in [0.15, 0.2) is 24.3 Å². The van der Waals surface area contributed by atoms with Gasteiger partial charge in [-0.1, -0.05) is 18.2 Å². The van der Waals surface area contributed by atoms with Crippen LogP contribution in [-0.4, -0.2) is 17.6 Å². The fourth-order valence-corrected chi connectivity index (χ4v) is 2.61. The SMILES string of the molecule is COC(=O)c1c2n(c3ccccc13)CCC2. The topological polar surface area (TPSA) is 31.2 Å². The van der Waals surface area contributed by atoms with Gasteiger partial charge in [0.25, 0.3) is 0 Å². The number of carbonyl (C=O) groups excluding carboxylic acids is 1. The van der Waals surface area contributed by atoms with E-state index in [0.29, 0.717) is 0 Å². The van der Waals surface area contributed by atoms with Crippen LogP contribution in [0.5, 0.6) is 0 Å². The number of hydrogen-bond acceptors (Lipinski definition) is 2. The Labute approximate surface area is 93.6 Å². The third-order valence-electron chi connectivity index (χ3n) is 3.26. The summed E-state index contributed by atoms with van der Waals surface area (Å²) in [6.45, 7) is 1.01. The Balaban J connectivity index is 2.37. The van der Waals surface area contributed by atoms with Gasteiger partial charge in [0, 0.05) is 23.1 Å². The molecule has 0 aliphatic carbocycles. The van der Waals surface area contributed by atoms with Crippen molar-refractivity contribution < 1.29 is 9.53 Å². The lowest BCUT2D eigenvalue weighted by atomic mass is 10.1. The van der Waals surface area contributed by atoms with Crippen molar-refractivity contribution in [3.63, 3.8) is 0 Å². The monoisotopic (exact) mass is 215 g/mol. The van der Waals surface area contributed by atoms with E-state index in [0.717, 1.165) is 41.5 Å². The fraction of sp³-hybridized carbons (Fsp3) is 0.308. The van der Waals surface area contributed by atoms with E-state index in [-0.39, 0.29) is 5.97 Å². The zero-order chi connectivity index (χ0) is 11.1. The number of hydrogen-bond donors (Lipinski definition) is 0. The quantitative estimate of drug-likeness (QED) is 0.684.